The molecule has 11 atom stereocenters. The number of allylic oxidation sites excluding steroid dienone is 1. The number of hydrogen-bond donors (Lipinski definition) is 2. The van der Waals surface area contributed by atoms with E-state index in [0.717, 1.165) is 31.6 Å². The zero-order valence-corrected chi connectivity index (χ0v) is 25.3. The SMILES string of the molecule is CC1=C2C[C@H]3[C@@](C)(CC[C@]4(C)C[C@H](NS(C)(=O)=O)CC[C@]34C)[C@@H]2CC[C@@]2(C1)O[C@@H]1C[C@H](C)C[NH2+][C@H]1[C@H]2C. The Kier molecular flexibility index (Phi) is 6.18. The van der Waals surface area contributed by atoms with Crippen molar-refractivity contribution in [2.75, 3.05) is 12.8 Å². The van der Waals surface area contributed by atoms with E-state index in [1.165, 1.54) is 51.3 Å². The fourth-order valence-electron chi connectivity index (χ4n) is 11.2. The minimum atomic E-state index is -3.16. The molecule has 0 radical (unpaired) electrons. The lowest BCUT2D eigenvalue weighted by molar-refractivity contribution is -0.710. The highest BCUT2D eigenvalue weighted by Gasteiger charge is 2.66. The molecular weight excluding hydrogens is 480 g/mol. The zero-order chi connectivity index (χ0) is 26.6. The maximum absolute atomic E-state index is 12.0. The van der Waals surface area contributed by atoms with Crippen LogP contribution in [0.15, 0.2) is 11.1 Å². The van der Waals surface area contributed by atoms with Gasteiger partial charge < -0.3 is 10.1 Å². The van der Waals surface area contributed by atoms with Crippen LogP contribution in [0.4, 0.5) is 0 Å². The lowest BCUT2D eigenvalue weighted by atomic mass is 9.42. The van der Waals surface area contributed by atoms with Crippen LogP contribution in [0.5, 0.6) is 0 Å². The molecule has 5 fully saturated rings. The lowest BCUT2D eigenvalue weighted by Gasteiger charge is -2.63. The van der Waals surface area contributed by atoms with Gasteiger partial charge in [0.05, 0.1) is 18.4 Å². The summed E-state index contributed by atoms with van der Waals surface area (Å²) in [5.41, 5.74) is 4.28. The summed E-state index contributed by atoms with van der Waals surface area (Å²) in [5.74, 6) is 2.76. The topological polar surface area (TPSA) is 72.0 Å². The van der Waals surface area contributed by atoms with Crippen LogP contribution in [0.3, 0.4) is 0 Å². The Morgan fingerprint density at radius 2 is 1.81 bits per heavy atom. The third-order valence-electron chi connectivity index (χ3n) is 13.5. The maximum atomic E-state index is 12.0. The van der Waals surface area contributed by atoms with Crippen LogP contribution in [-0.4, -0.2) is 45.0 Å². The molecule has 6 rings (SSSR count). The van der Waals surface area contributed by atoms with Gasteiger partial charge in [-0.05, 0) is 99.2 Å². The van der Waals surface area contributed by atoms with E-state index in [2.05, 4.69) is 51.6 Å². The number of piperidine rings is 1. The normalized spacial score (nSPS) is 53.9. The Labute approximate surface area is 226 Å². The summed E-state index contributed by atoms with van der Waals surface area (Å²) in [7, 11) is -3.16. The summed E-state index contributed by atoms with van der Waals surface area (Å²) >= 11 is 0. The Balaban J connectivity index is 1.28. The number of fused-ring (bicyclic) bond motifs is 6. The number of hydrogen-bond acceptors (Lipinski definition) is 3. The fourth-order valence-corrected chi connectivity index (χ4v) is 12.0. The van der Waals surface area contributed by atoms with Crippen molar-refractivity contribution < 1.29 is 18.5 Å². The van der Waals surface area contributed by atoms with Gasteiger partial charge in [-0.1, -0.05) is 45.8 Å². The molecular formula is C31H53N2O3S+. The van der Waals surface area contributed by atoms with Crippen LogP contribution >= 0.6 is 0 Å². The Hall–Kier alpha value is -0.430. The third kappa shape index (κ3) is 3.96. The molecule has 0 amide bonds. The zero-order valence-electron chi connectivity index (χ0n) is 24.5. The van der Waals surface area contributed by atoms with Gasteiger partial charge in [0.1, 0.15) is 12.1 Å². The van der Waals surface area contributed by atoms with E-state index in [9.17, 15) is 8.42 Å². The largest absolute Gasteiger partial charge is 0.365 e. The number of nitrogens with one attached hydrogen (secondary N) is 1. The van der Waals surface area contributed by atoms with Crippen LogP contribution in [-0.2, 0) is 14.8 Å². The predicted octanol–water partition coefficient (Wildman–Crippen LogP) is 4.78. The molecule has 2 aliphatic heterocycles. The van der Waals surface area contributed by atoms with Gasteiger partial charge in [-0.3, -0.25) is 0 Å². The quantitative estimate of drug-likeness (QED) is 0.502. The van der Waals surface area contributed by atoms with Gasteiger partial charge >= 0.3 is 0 Å². The Morgan fingerprint density at radius 3 is 2.54 bits per heavy atom. The van der Waals surface area contributed by atoms with Crippen LogP contribution in [0.1, 0.15) is 106 Å². The third-order valence-corrected chi connectivity index (χ3v) is 14.3. The molecule has 0 aromatic heterocycles. The Morgan fingerprint density at radius 1 is 1.05 bits per heavy atom. The van der Waals surface area contributed by atoms with Gasteiger partial charge in [0.2, 0.25) is 10.0 Å². The molecule has 3 saturated carbocycles. The Bertz CT molecular complexity index is 1090. The molecule has 6 heteroatoms. The van der Waals surface area contributed by atoms with Crippen LogP contribution in [0, 0.1) is 39.9 Å². The average Bonchev–Trinajstić information content (AvgIpc) is 3.18. The van der Waals surface area contributed by atoms with Gasteiger partial charge in [-0.15, -0.1) is 0 Å². The second-order valence-corrected chi connectivity index (χ2v) is 17.3. The van der Waals surface area contributed by atoms with E-state index in [-0.39, 0.29) is 22.5 Å². The van der Waals surface area contributed by atoms with Crippen LogP contribution in [0.25, 0.3) is 0 Å². The first kappa shape index (κ1) is 26.8. The van der Waals surface area contributed by atoms with Gasteiger partial charge in [-0.25, -0.2) is 13.1 Å². The summed E-state index contributed by atoms with van der Waals surface area (Å²) in [6, 6.07) is 0.731. The molecule has 2 heterocycles. The molecule has 0 bridgehead atoms. The van der Waals surface area contributed by atoms with E-state index in [1.54, 1.807) is 11.1 Å². The molecule has 0 aromatic carbocycles. The molecule has 210 valence electrons. The van der Waals surface area contributed by atoms with Gasteiger partial charge in [0.15, 0.2) is 0 Å². The van der Waals surface area contributed by atoms with Gasteiger partial charge in [-0.2, -0.15) is 0 Å². The maximum Gasteiger partial charge on any atom is 0.208 e. The number of nitrogens with two attached hydrogens (primary N) is 1. The summed E-state index contributed by atoms with van der Waals surface area (Å²) in [6.07, 6.45) is 13.5. The van der Waals surface area contributed by atoms with Crippen molar-refractivity contribution in [3.05, 3.63) is 11.1 Å². The van der Waals surface area contributed by atoms with E-state index < -0.39 is 10.0 Å². The monoisotopic (exact) mass is 533 g/mol. The molecule has 2 saturated heterocycles. The van der Waals surface area contributed by atoms with Crippen molar-refractivity contribution in [1.82, 2.24) is 4.72 Å². The average molecular weight is 534 g/mol. The minimum Gasteiger partial charge on any atom is -0.365 e. The second kappa shape index (κ2) is 8.54. The van der Waals surface area contributed by atoms with Crippen molar-refractivity contribution >= 4 is 10.0 Å². The first-order valence-electron chi connectivity index (χ1n) is 15.4. The van der Waals surface area contributed by atoms with Crippen LogP contribution < -0.4 is 10.0 Å². The molecule has 3 N–H and O–H groups in total. The number of sulfonamides is 1. The van der Waals surface area contributed by atoms with Crippen molar-refractivity contribution in [2.24, 2.45) is 39.9 Å². The van der Waals surface area contributed by atoms with Crippen molar-refractivity contribution in [3.8, 4) is 0 Å². The fraction of sp³-hybridized carbons (Fsp3) is 0.935. The first-order valence-corrected chi connectivity index (χ1v) is 17.3. The van der Waals surface area contributed by atoms with E-state index in [0.29, 0.717) is 35.3 Å². The molecule has 5 nitrogen and oxygen atoms in total. The molecule has 1 spiro atoms. The second-order valence-electron chi connectivity index (χ2n) is 15.5. The smallest absolute Gasteiger partial charge is 0.208 e. The number of ether oxygens (including phenoxy) is 1. The summed E-state index contributed by atoms with van der Waals surface area (Å²) in [4.78, 5) is 0. The first-order chi connectivity index (χ1) is 17.2. The summed E-state index contributed by atoms with van der Waals surface area (Å²) in [6.45, 7) is 16.3. The van der Waals surface area contributed by atoms with E-state index in [4.69, 9.17) is 4.74 Å². The van der Waals surface area contributed by atoms with Gasteiger partial charge in [0.25, 0.3) is 0 Å². The minimum absolute atomic E-state index is 0.0334. The molecule has 37 heavy (non-hydrogen) atoms. The lowest BCUT2D eigenvalue weighted by Crippen LogP contribution is -2.96. The molecule has 0 aromatic rings. The highest BCUT2D eigenvalue weighted by molar-refractivity contribution is 7.88. The number of rotatable bonds is 2. The van der Waals surface area contributed by atoms with Crippen molar-refractivity contribution in [2.45, 2.75) is 130 Å². The highest BCUT2D eigenvalue weighted by Crippen LogP contribution is 2.73. The van der Waals surface area contributed by atoms with E-state index >= 15 is 0 Å². The van der Waals surface area contributed by atoms with E-state index in [1.807, 2.05) is 0 Å². The number of quaternary nitrogens is 1. The molecule has 4 aliphatic carbocycles. The predicted molar refractivity (Wildman–Crippen MR) is 148 cm³/mol. The molecule has 6 aliphatic rings. The van der Waals surface area contributed by atoms with Crippen LogP contribution in [0.2, 0.25) is 0 Å². The van der Waals surface area contributed by atoms with Crippen molar-refractivity contribution in [1.29, 1.82) is 0 Å². The molecule has 0 unspecified atom stereocenters. The highest BCUT2D eigenvalue weighted by atomic mass is 32.2. The summed E-state index contributed by atoms with van der Waals surface area (Å²) < 4.78 is 34.1. The summed E-state index contributed by atoms with van der Waals surface area (Å²) in [5, 5.41) is 2.61. The standard InChI is InChI=1S/C31H52N2O3S/c1-19-14-25-27(32-18-19)21(3)31(36-25)11-9-24-23(20(2)16-31)15-26-29(24,5)13-12-28(4)17-22(33-37(7,34)35)8-10-30(26,28)6/h19,21-22,24-27,32-33H,8-18H2,1-7H3/p+1/t19-,21+,22+,24+,25+,26-,27-,28+,29-,30+,31-/m0/s1. The van der Waals surface area contributed by atoms with Crippen molar-refractivity contribution in [3.63, 3.8) is 0 Å². The van der Waals surface area contributed by atoms with Gasteiger partial charge in [0, 0.05) is 17.9 Å².